The monoisotopic (exact) mass is 407 g/mol. The van der Waals surface area contributed by atoms with Gasteiger partial charge in [-0.15, -0.1) is 0 Å². The number of aliphatic hydroxyl groups excluding tert-OH is 1. The Kier molecular flexibility index (Phi) is 6.69. The van der Waals surface area contributed by atoms with Crippen molar-refractivity contribution in [1.82, 2.24) is 9.21 Å². The van der Waals surface area contributed by atoms with E-state index < -0.39 is 42.0 Å². The first-order chi connectivity index (χ1) is 12.2. The maximum atomic E-state index is 12.8. The molecule has 0 saturated carbocycles. The third-order valence-electron chi connectivity index (χ3n) is 4.13. The third kappa shape index (κ3) is 4.98. The average molecular weight is 407 g/mol. The first kappa shape index (κ1) is 20.7. The highest BCUT2D eigenvalue weighted by molar-refractivity contribution is 7.91. The van der Waals surface area contributed by atoms with Crippen LogP contribution in [0.3, 0.4) is 0 Å². The van der Waals surface area contributed by atoms with Crippen molar-refractivity contribution in [2.24, 2.45) is 0 Å². The molecule has 0 bridgehead atoms. The minimum atomic E-state index is -4.18. The van der Waals surface area contributed by atoms with Crippen LogP contribution >= 0.6 is 0 Å². The Labute approximate surface area is 152 Å². The third-order valence-corrected chi connectivity index (χ3v) is 7.69. The highest BCUT2D eigenvalue weighted by atomic mass is 32.2. The number of sulfone groups is 1. The molecular weight excluding hydrogens is 386 g/mol. The number of hydrogen-bond donors (Lipinski definition) is 1. The minimum Gasteiger partial charge on any atom is -0.395 e. The topological polar surface area (TPSA) is 138 Å². The van der Waals surface area contributed by atoms with Crippen molar-refractivity contribution in [2.45, 2.75) is 4.90 Å². The number of hydrogen-bond acceptors (Lipinski definition) is 8. The van der Waals surface area contributed by atoms with Crippen molar-refractivity contribution in [1.29, 1.82) is 0 Å². The summed E-state index contributed by atoms with van der Waals surface area (Å²) in [5, 5.41) is 20.3. The molecule has 0 amide bonds. The van der Waals surface area contributed by atoms with Crippen molar-refractivity contribution < 1.29 is 26.9 Å². The number of nitrogens with zero attached hydrogens (tertiary/aromatic N) is 3. The molecule has 1 aliphatic heterocycles. The fourth-order valence-corrected chi connectivity index (χ4v) is 5.51. The lowest BCUT2D eigenvalue weighted by Crippen LogP contribution is -2.45. The van der Waals surface area contributed by atoms with Crippen LogP contribution in [-0.2, 0) is 19.9 Å². The first-order valence-corrected chi connectivity index (χ1v) is 11.2. The summed E-state index contributed by atoms with van der Waals surface area (Å²) < 4.78 is 49.5. The van der Waals surface area contributed by atoms with E-state index in [2.05, 4.69) is 0 Å². The van der Waals surface area contributed by atoms with E-state index in [1.54, 1.807) is 0 Å². The van der Waals surface area contributed by atoms with Crippen LogP contribution in [0.15, 0.2) is 29.2 Å². The second kappa shape index (κ2) is 8.39. The Hall–Kier alpha value is -1.60. The van der Waals surface area contributed by atoms with Gasteiger partial charge in [-0.3, -0.25) is 10.1 Å². The van der Waals surface area contributed by atoms with Gasteiger partial charge in [-0.2, -0.15) is 4.31 Å². The molecule has 1 aromatic carbocycles. The molecule has 1 saturated heterocycles. The molecule has 1 heterocycles. The van der Waals surface area contributed by atoms with Crippen molar-refractivity contribution in [3.05, 3.63) is 34.4 Å². The molecule has 26 heavy (non-hydrogen) atoms. The standard InChI is InChI=1S/C14H21N3O7S2/c18-10-7-16(6-5-15-8-11-25(21,22)12-9-15)26(23,24)14-4-2-1-3-13(14)17(19)20/h1-4,18H,5-12H2. The molecule has 1 N–H and O–H groups in total. The van der Waals surface area contributed by atoms with E-state index in [1.165, 1.54) is 12.1 Å². The highest BCUT2D eigenvalue weighted by Gasteiger charge is 2.31. The quantitative estimate of drug-likeness (QED) is 0.441. The van der Waals surface area contributed by atoms with Crippen molar-refractivity contribution in [2.75, 3.05) is 50.8 Å². The van der Waals surface area contributed by atoms with Gasteiger partial charge in [0.1, 0.15) is 0 Å². The number of nitro groups is 1. The zero-order valence-electron chi connectivity index (χ0n) is 14.0. The van der Waals surface area contributed by atoms with Gasteiger partial charge in [0.05, 0.1) is 23.0 Å². The van der Waals surface area contributed by atoms with Gasteiger partial charge in [-0.25, -0.2) is 16.8 Å². The predicted octanol–water partition coefficient (Wildman–Crippen LogP) is -0.692. The van der Waals surface area contributed by atoms with Crippen molar-refractivity contribution in [3.63, 3.8) is 0 Å². The number of rotatable bonds is 8. The summed E-state index contributed by atoms with van der Waals surface area (Å²) in [6, 6.07) is 5.04. The van der Waals surface area contributed by atoms with E-state index in [-0.39, 0.29) is 31.1 Å². The molecule has 0 aromatic heterocycles. The Morgan fingerprint density at radius 3 is 2.38 bits per heavy atom. The molecular formula is C14H21N3O7S2. The van der Waals surface area contributed by atoms with Gasteiger partial charge < -0.3 is 10.0 Å². The summed E-state index contributed by atoms with van der Waals surface area (Å²) in [5.74, 6) is 0.0355. The maximum Gasteiger partial charge on any atom is 0.289 e. The van der Waals surface area contributed by atoms with Gasteiger partial charge in [0.15, 0.2) is 14.7 Å². The van der Waals surface area contributed by atoms with Gasteiger partial charge in [0.25, 0.3) is 5.69 Å². The second-order valence-electron chi connectivity index (χ2n) is 5.85. The van der Waals surface area contributed by atoms with Crippen LogP contribution in [0.1, 0.15) is 0 Å². The van der Waals surface area contributed by atoms with Crippen LogP contribution in [0.5, 0.6) is 0 Å². The molecule has 12 heteroatoms. The lowest BCUT2D eigenvalue weighted by molar-refractivity contribution is -0.387. The molecule has 0 radical (unpaired) electrons. The zero-order chi connectivity index (χ0) is 19.4. The zero-order valence-corrected chi connectivity index (χ0v) is 15.7. The van der Waals surface area contributed by atoms with Crippen molar-refractivity contribution >= 4 is 25.5 Å². The van der Waals surface area contributed by atoms with Crippen LogP contribution in [0.25, 0.3) is 0 Å². The highest BCUT2D eigenvalue weighted by Crippen LogP contribution is 2.26. The second-order valence-corrected chi connectivity index (χ2v) is 10.1. The number of para-hydroxylation sites is 1. The Morgan fingerprint density at radius 2 is 1.81 bits per heavy atom. The van der Waals surface area contributed by atoms with Gasteiger partial charge in [-0.1, -0.05) is 12.1 Å². The lowest BCUT2D eigenvalue weighted by atomic mass is 10.3. The van der Waals surface area contributed by atoms with E-state index in [9.17, 15) is 32.1 Å². The SMILES string of the molecule is O=[N+]([O-])c1ccccc1S(=O)(=O)N(CCO)CCN1CCS(=O)(=O)CC1. The van der Waals surface area contributed by atoms with Gasteiger partial charge in [-0.05, 0) is 6.07 Å². The summed E-state index contributed by atoms with van der Waals surface area (Å²) in [5.41, 5.74) is -0.528. The summed E-state index contributed by atoms with van der Waals surface area (Å²) in [6.07, 6.45) is 0. The van der Waals surface area contributed by atoms with Gasteiger partial charge in [0.2, 0.25) is 10.0 Å². The molecule has 1 fully saturated rings. The average Bonchev–Trinajstić information content (AvgIpc) is 2.59. The van der Waals surface area contributed by atoms with Gasteiger partial charge >= 0.3 is 0 Å². The molecule has 1 aromatic rings. The maximum absolute atomic E-state index is 12.8. The molecule has 0 aliphatic carbocycles. The summed E-state index contributed by atoms with van der Waals surface area (Å²) >= 11 is 0. The number of nitro benzene ring substituents is 1. The van der Waals surface area contributed by atoms with E-state index >= 15 is 0 Å². The molecule has 146 valence electrons. The fraction of sp³-hybridized carbons (Fsp3) is 0.571. The summed E-state index contributed by atoms with van der Waals surface area (Å²) in [7, 11) is -7.22. The lowest BCUT2D eigenvalue weighted by Gasteiger charge is -2.29. The number of sulfonamides is 1. The molecule has 0 atom stereocenters. The Bertz CT molecular complexity index is 841. The van der Waals surface area contributed by atoms with E-state index in [0.29, 0.717) is 13.1 Å². The predicted molar refractivity (Wildman–Crippen MR) is 94.0 cm³/mol. The van der Waals surface area contributed by atoms with Crippen LogP contribution in [0.2, 0.25) is 0 Å². The van der Waals surface area contributed by atoms with Crippen LogP contribution < -0.4 is 0 Å². The minimum absolute atomic E-state index is 0.00497. The largest absolute Gasteiger partial charge is 0.395 e. The first-order valence-electron chi connectivity index (χ1n) is 7.94. The van der Waals surface area contributed by atoms with E-state index in [4.69, 9.17) is 0 Å². The Morgan fingerprint density at radius 1 is 1.19 bits per heavy atom. The van der Waals surface area contributed by atoms with Gasteiger partial charge in [0, 0.05) is 38.8 Å². The smallest absolute Gasteiger partial charge is 0.289 e. The molecule has 0 spiro atoms. The van der Waals surface area contributed by atoms with Crippen LogP contribution in [0, 0.1) is 10.1 Å². The van der Waals surface area contributed by atoms with E-state index in [1.807, 2.05) is 4.90 Å². The molecule has 2 rings (SSSR count). The Balaban J connectivity index is 2.17. The van der Waals surface area contributed by atoms with E-state index in [0.717, 1.165) is 16.4 Å². The number of benzene rings is 1. The summed E-state index contributed by atoms with van der Waals surface area (Å²) in [6.45, 7) is 0.237. The fourth-order valence-electron chi connectivity index (χ4n) is 2.66. The molecule has 10 nitrogen and oxygen atoms in total. The van der Waals surface area contributed by atoms with Crippen molar-refractivity contribution in [3.8, 4) is 0 Å². The van der Waals surface area contributed by atoms with Crippen LogP contribution in [0.4, 0.5) is 5.69 Å². The van der Waals surface area contributed by atoms with Crippen LogP contribution in [-0.4, -0.2) is 86.9 Å². The summed E-state index contributed by atoms with van der Waals surface area (Å²) in [4.78, 5) is 11.7. The number of aliphatic hydroxyl groups is 1. The normalized spacial score (nSPS) is 18.1. The molecule has 1 aliphatic rings. The molecule has 0 unspecified atom stereocenters.